The van der Waals surface area contributed by atoms with Crippen molar-refractivity contribution in [3.63, 3.8) is 0 Å². The number of phenolic OH excluding ortho intramolecular Hbond substituents is 1. The zero-order chi connectivity index (χ0) is 16.6. The van der Waals surface area contributed by atoms with E-state index in [9.17, 15) is 9.90 Å². The van der Waals surface area contributed by atoms with Crippen LogP contribution in [0.2, 0.25) is 0 Å². The summed E-state index contributed by atoms with van der Waals surface area (Å²) in [5, 5.41) is 11.0. The molecule has 1 N–H and O–H groups in total. The summed E-state index contributed by atoms with van der Waals surface area (Å²) in [5.74, 6) is 0.470. The second kappa shape index (κ2) is 5.80. The minimum atomic E-state index is -0.241. The second-order valence-corrected chi connectivity index (χ2v) is 5.80. The molecule has 1 atom stereocenters. The Morgan fingerprint density at radius 3 is 2.65 bits per heavy atom. The van der Waals surface area contributed by atoms with Gasteiger partial charge in [0.2, 0.25) is 0 Å². The number of carbonyl (C=O) groups excluding carboxylic acids is 1. The van der Waals surface area contributed by atoms with Crippen LogP contribution in [0.25, 0.3) is 11.0 Å². The molecule has 0 saturated carbocycles. The largest absolute Gasteiger partial charge is 0.507 e. The van der Waals surface area contributed by atoms with Crippen molar-refractivity contribution in [3.8, 4) is 5.75 Å². The van der Waals surface area contributed by atoms with E-state index in [4.69, 9.17) is 4.42 Å². The number of hydrogen-bond acceptors (Lipinski definition) is 3. The van der Waals surface area contributed by atoms with Gasteiger partial charge >= 0.3 is 0 Å². The first-order valence-corrected chi connectivity index (χ1v) is 7.52. The summed E-state index contributed by atoms with van der Waals surface area (Å²) >= 11 is 0. The third-order valence-corrected chi connectivity index (χ3v) is 4.14. The fraction of sp³-hybridized carbons (Fsp3) is 0.211. The quantitative estimate of drug-likeness (QED) is 0.785. The number of phenols is 1. The number of hydrogen-bond donors (Lipinski definition) is 1. The molecule has 1 heterocycles. The summed E-state index contributed by atoms with van der Waals surface area (Å²) in [6, 6.07) is 14.5. The highest BCUT2D eigenvalue weighted by molar-refractivity contribution is 5.97. The van der Waals surface area contributed by atoms with Gasteiger partial charge in [-0.15, -0.1) is 0 Å². The van der Waals surface area contributed by atoms with Crippen molar-refractivity contribution in [1.29, 1.82) is 0 Å². The minimum Gasteiger partial charge on any atom is -0.507 e. The van der Waals surface area contributed by atoms with Gasteiger partial charge in [-0.05, 0) is 38.1 Å². The predicted molar refractivity (Wildman–Crippen MR) is 89.6 cm³/mol. The molecule has 0 fully saturated rings. The van der Waals surface area contributed by atoms with Crippen molar-refractivity contribution < 1.29 is 14.3 Å². The Kier molecular flexibility index (Phi) is 3.82. The molecular weight excluding hydrogens is 290 g/mol. The van der Waals surface area contributed by atoms with Crippen LogP contribution in [0.1, 0.15) is 34.6 Å². The number of fused-ring (bicyclic) bond motifs is 1. The van der Waals surface area contributed by atoms with Crippen molar-refractivity contribution in [2.45, 2.75) is 19.9 Å². The zero-order valence-corrected chi connectivity index (χ0v) is 13.4. The summed E-state index contributed by atoms with van der Waals surface area (Å²) in [4.78, 5) is 14.2. The van der Waals surface area contributed by atoms with Crippen LogP contribution in [-0.2, 0) is 0 Å². The highest BCUT2D eigenvalue weighted by atomic mass is 16.3. The number of aryl methyl sites for hydroxylation is 1. The molecule has 118 valence electrons. The maximum absolute atomic E-state index is 12.7. The molecule has 0 saturated heterocycles. The van der Waals surface area contributed by atoms with Gasteiger partial charge in [0.1, 0.15) is 17.1 Å². The van der Waals surface area contributed by atoms with Gasteiger partial charge in [0.15, 0.2) is 0 Å². The van der Waals surface area contributed by atoms with Gasteiger partial charge in [0.05, 0.1) is 11.6 Å². The molecule has 4 heteroatoms. The number of amides is 1. The lowest BCUT2D eigenvalue weighted by atomic mass is 10.1. The van der Waals surface area contributed by atoms with E-state index < -0.39 is 0 Å². The first-order valence-electron chi connectivity index (χ1n) is 7.52. The van der Waals surface area contributed by atoms with Crippen LogP contribution in [0.4, 0.5) is 0 Å². The van der Waals surface area contributed by atoms with Gasteiger partial charge in [0, 0.05) is 12.4 Å². The number of carbonyl (C=O) groups is 1. The molecule has 4 nitrogen and oxygen atoms in total. The van der Waals surface area contributed by atoms with Gasteiger partial charge < -0.3 is 14.4 Å². The number of nitrogens with zero attached hydrogens (tertiary/aromatic N) is 1. The Hall–Kier alpha value is -2.75. The summed E-state index contributed by atoms with van der Waals surface area (Å²) < 4.78 is 5.83. The van der Waals surface area contributed by atoms with Crippen LogP contribution >= 0.6 is 0 Å². The standard InChI is InChI=1S/C19H19NO3/c1-12-8-9-16(21)15(10-12)19(22)20(3)13(2)18-11-14-6-4-5-7-17(14)23-18/h4-11,13,21H,1-3H3. The number of furan rings is 1. The molecule has 1 amide bonds. The number of para-hydroxylation sites is 1. The molecule has 3 aromatic rings. The van der Waals surface area contributed by atoms with Crippen molar-refractivity contribution in [1.82, 2.24) is 4.90 Å². The molecule has 2 aromatic carbocycles. The summed E-state index contributed by atoms with van der Waals surface area (Å²) in [7, 11) is 1.71. The topological polar surface area (TPSA) is 53.7 Å². The predicted octanol–water partition coefficient (Wildman–Crippen LogP) is 4.28. The molecule has 1 unspecified atom stereocenters. The summed E-state index contributed by atoms with van der Waals surface area (Å²) in [6.07, 6.45) is 0. The van der Waals surface area contributed by atoms with Crippen LogP contribution in [-0.4, -0.2) is 23.0 Å². The maximum atomic E-state index is 12.7. The lowest BCUT2D eigenvalue weighted by molar-refractivity contribution is 0.0724. The lowest BCUT2D eigenvalue weighted by Gasteiger charge is -2.23. The minimum absolute atomic E-state index is 0.00995. The Bertz CT molecular complexity index is 833. The van der Waals surface area contributed by atoms with Crippen LogP contribution in [0.3, 0.4) is 0 Å². The molecular formula is C19H19NO3. The van der Waals surface area contributed by atoms with Crippen LogP contribution < -0.4 is 0 Å². The Labute approximate surface area is 135 Å². The fourth-order valence-corrected chi connectivity index (χ4v) is 2.59. The third kappa shape index (κ3) is 2.80. The van der Waals surface area contributed by atoms with Gasteiger partial charge in [-0.1, -0.05) is 29.8 Å². The van der Waals surface area contributed by atoms with Crippen molar-refractivity contribution in [3.05, 3.63) is 65.4 Å². The number of rotatable bonds is 3. The number of benzene rings is 2. The SMILES string of the molecule is Cc1ccc(O)c(C(=O)N(C)C(C)c2cc3ccccc3o2)c1. The van der Waals surface area contributed by atoms with Crippen molar-refractivity contribution in [2.75, 3.05) is 7.05 Å². The van der Waals surface area contributed by atoms with E-state index in [0.717, 1.165) is 16.5 Å². The normalized spacial score (nSPS) is 12.3. The Balaban J connectivity index is 1.90. The second-order valence-electron chi connectivity index (χ2n) is 5.80. The summed E-state index contributed by atoms with van der Waals surface area (Å²) in [5.41, 5.74) is 2.03. The zero-order valence-electron chi connectivity index (χ0n) is 13.4. The Morgan fingerprint density at radius 1 is 1.17 bits per heavy atom. The van der Waals surface area contributed by atoms with E-state index in [1.807, 2.05) is 44.2 Å². The molecule has 0 bridgehead atoms. The third-order valence-electron chi connectivity index (χ3n) is 4.14. The van der Waals surface area contributed by atoms with Gasteiger partial charge in [-0.2, -0.15) is 0 Å². The maximum Gasteiger partial charge on any atom is 0.257 e. The van der Waals surface area contributed by atoms with E-state index in [1.54, 1.807) is 30.1 Å². The average molecular weight is 309 g/mol. The van der Waals surface area contributed by atoms with Gasteiger partial charge in [0.25, 0.3) is 5.91 Å². The Morgan fingerprint density at radius 2 is 1.91 bits per heavy atom. The van der Waals surface area contributed by atoms with E-state index >= 15 is 0 Å². The molecule has 0 aliphatic rings. The van der Waals surface area contributed by atoms with Crippen molar-refractivity contribution >= 4 is 16.9 Å². The summed E-state index contributed by atoms with van der Waals surface area (Å²) in [6.45, 7) is 3.79. The molecule has 1 aromatic heterocycles. The fourth-order valence-electron chi connectivity index (χ4n) is 2.59. The van der Waals surface area contributed by atoms with Crippen LogP contribution in [0, 0.1) is 6.92 Å². The lowest BCUT2D eigenvalue weighted by Crippen LogP contribution is -2.29. The molecule has 0 spiro atoms. The van der Waals surface area contributed by atoms with Crippen LogP contribution in [0.5, 0.6) is 5.75 Å². The molecule has 3 rings (SSSR count). The molecule has 0 radical (unpaired) electrons. The highest BCUT2D eigenvalue weighted by Gasteiger charge is 2.23. The van der Waals surface area contributed by atoms with Crippen molar-refractivity contribution in [2.24, 2.45) is 0 Å². The number of aromatic hydroxyl groups is 1. The van der Waals surface area contributed by atoms with Crippen LogP contribution in [0.15, 0.2) is 52.9 Å². The van der Waals surface area contributed by atoms with Gasteiger partial charge in [-0.3, -0.25) is 4.79 Å². The molecule has 23 heavy (non-hydrogen) atoms. The molecule has 0 aliphatic heterocycles. The first kappa shape index (κ1) is 15.2. The first-order chi connectivity index (χ1) is 11.0. The van der Waals surface area contributed by atoms with Gasteiger partial charge in [-0.25, -0.2) is 0 Å². The highest BCUT2D eigenvalue weighted by Crippen LogP contribution is 2.29. The van der Waals surface area contributed by atoms with E-state index in [1.165, 1.54) is 0 Å². The smallest absolute Gasteiger partial charge is 0.257 e. The molecule has 0 aliphatic carbocycles. The van der Waals surface area contributed by atoms with E-state index in [2.05, 4.69) is 0 Å². The average Bonchev–Trinajstić information content (AvgIpc) is 2.99. The van der Waals surface area contributed by atoms with E-state index in [-0.39, 0.29) is 17.7 Å². The monoisotopic (exact) mass is 309 g/mol. The van der Waals surface area contributed by atoms with E-state index in [0.29, 0.717) is 11.3 Å².